The topological polar surface area (TPSA) is 44.8 Å². The van der Waals surface area contributed by atoms with Crippen LogP contribution in [0.4, 0.5) is 0 Å². The molecule has 2 aromatic rings. The zero-order valence-electron chi connectivity index (χ0n) is 18.4. The van der Waals surface area contributed by atoms with Gasteiger partial charge in [-0.25, -0.2) is 0 Å². The molecule has 0 spiro atoms. The van der Waals surface area contributed by atoms with Crippen molar-refractivity contribution in [1.82, 2.24) is 0 Å². The van der Waals surface area contributed by atoms with E-state index in [2.05, 4.69) is 20.8 Å². The normalized spacial score (nSPS) is 11.9. The van der Waals surface area contributed by atoms with Crippen molar-refractivity contribution in [3.05, 3.63) is 59.7 Å². The van der Waals surface area contributed by atoms with Crippen molar-refractivity contribution in [3.8, 4) is 11.5 Å². The molecule has 0 amide bonds. The summed E-state index contributed by atoms with van der Waals surface area (Å²) in [6.07, 6.45) is 2.12. The number of methoxy groups -OCH3 is 2. The monoisotopic (exact) mass is 414 g/mol. The zero-order chi connectivity index (χ0) is 21.3. The van der Waals surface area contributed by atoms with Crippen LogP contribution in [0.2, 0.25) is 18.1 Å². The molecule has 0 fully saturated rings. The van der Waals surface area contributed by atoms with Crippen LogP contribution in [0.3, 0.4) is 0 Å². The molecular formula is C24H34O4Si. The van der Waals surface area contributed by atoms with E-state index in [0.29, 0.717) is 12.8 Å². The summed E-state index contributed by atoms with van der Waals surface area (Å²) in [5.74, 6) is 1.61. The van der Waals surface area contributed by atoms with E-state index in [-0.39, 0.29) is 0 Å². The van der Waals surface area contributed by atoms with E-state index in [9.17, 15) is 4.79 Å². The summed E-state index contributed by atoms with van der Waals surface area (Å²) in [7, 11) is 1.31. The van der Waals surface area contributed by atoms with Gasteiger partial charge in [0.25, 0.3) is 0 Å². The van der Waals surface area contributed by atoms with Gasteiger partial charge in [0.1, 0.15) is 17.1 Å². The van der Waals surface area contributed by atoms with Crippen molar-refractivity contribution >= 4 is 14.6 Å². The molecule has 29 heavy (non-hydrogen) atoms. The Labute approximate surface area is 176 Å². The molecule has 0 aliphatic carbocycles. The van der Waals surface area contributed by atoms with Crippen LogP contribution in [0.5, 0.6) is 11.5 Å². The van der Waals surface area contributed by atoms with Crippen LogP contribution in [0, 0.1) is 0 Å². The van der Waals surface area contributed by atoms with E-state index in [1.165, 1.54) is 0 Å². The van der Waals surface area contributed by atoms with Crippen LogP contribution in [-0.2, 0) is 22.1 Å². The van der Waals surface area contributed by atoms with Gasteiger partial charge in [-0.3, -0.25) is 0 Å². The smallest absolute Gasteiger partial charge is 0.193 e. The second kappa shape index (κ2) is 10.6. The second-order valence-electron chi connectivity index (χ2n) is 7.58. The number of hydrogen-bond donors (Lipinski definition) is 0. The molecule has 0 heterocycles. The van der Waals surface area contributed by atoms with Gasteiger partial charge >= 0.3 is 0 Å². The third kappa shape index (κ3) is 5.94. The van der Waals surface area contributed by atoms with Gasteiger partial charge in [-0.1, -0.05) is 45.0 Å². The van der Waals surface area contributed by atoms with E-state index < -0.39 is 13.9 Å². The number of carbonyl (C=O) groups excluding carboxylic acids is 1. The molecule has 2 aromatic carbocycles. The Morgan fingerprint density at radius 3 is 1.41 bits per heavy atom. The van der Waals surface area contributed by atoms with Crippen molar-refractivity contribution in [2.75, 3.05) is 14.2 Å². The number of ether oxygens (including phenoxy) is 2. The van der Waals surface area contributed by atoms with Gasteiger partial charge < -0.3 is 18.7 Å². The minimum atomic E-state index is -2.00. The Balaban J connectivity index is 2.40. The van der Waals surface area contributed by atoms with E-state index in [4.69, 9.17) is 13.9 Å². The highest BCUT2D eigenvalue weighted by Gasteiger charge is 2.41. The molecule has 0 aliphatic heterocycles. The summed E-state index contributed by atoms with van der Waals surface area (Å²) < 4.78 is 17.4. The molecule has 0 radical (unpaired) electrons. The highest BCUT2D eigenvalue weighted by atomic mass is 28.4. The van der Waals surface area contributed by atoms with Gasteiger partial charge in [0.15, 0.2) is 14.6 Å². The standard InChI is InChI=1S/C24H34O4Si/c1-6-29(7-2,8-3)28-24(19-25,17-20-9-13-22(26-4)14-10-20)18-21-11-15-23(27-5)16-12-21/h9-16,19H,6-8,17-18H2,1-5H3. The van der Waals surface area contributed by atoms with Crippen molar-refractivity contribution in [1.29, 1.82) is 0 Å². The van der Waals surface area contributed by atoms with Crippen LogP contribution < -0.4 is 9.47 Å². The lowest BCUT2D eigenvalue weighted by Gasteiger charge is -2.39. The molecule has 5 heteroatoms. The van der Waals surface area contributed by atoms with E-state index in [1.807, 2.05) is 48.5 Å². The molecule has 0 N–H and O–H groups in total. The molecule has 2 rings (SSSR count). The van der Waals surface area contributed by atoms with Gasteiger partial charge in [0, 0.05) is 12.8 Å². The Bertz CT molecular complexity index is 694. The molecule has 158 valence electrons. The van der Waals surface area contributed by atoms with Gasteiger partial charge in [0.2, 0.25) is 0 Å². The Kier molecular flexibility index (Phi) is 8.47. The van der Waals surface area contributed by atoms with Crippen molar-refractivity contribution in [2.45, 2.75) is 57.3 Å². The summed E-state index contributed by atoms with van der Waals surface area (Å²) >= 11 is 0. The number of rotatable bonds is 12. The lowest BCUT2D eigenvalue weighted by molar-refractivity contribution is -0.122. The first-order chi connectivity index (χ1) is 14.0. The average Bonchev–Trinajstić information content (AvgIpc) is 2.78. The molecule has 0 aliphatic rings. The highest BCUT2D eigenvalue weighted by molar-refractivity contribution is 6.73. The predicted molar refractivity (Wildman–Crippen MR) is 120 cm³/mol. The summed E-state index contributed by atoms with van der Waals surface area (Å²) in [5.41, 5.74) is 1.26. The fraction of sp³-hybridized carbons (Fsp3) is 0.458. The third-order valence-electron chi connectivity index (χ3n) is 5.89. The van der Waals surface area contributed by atoms with E-state index >= 15 is 0 Å². The first kappa shape index (κ1) is 23.2. The molecule has 0 bridgehead atoms. The van der Waals surface area contributed by atoms with E-state index in [1.54, 1.807) is 14.2 Å². The van der Waals surface area contributed by atoms with Crippen LogP contribution in [0.15, 0.2) is 48.5 Å². The van der Waals surface area contributed by atoms with Crippen LogP contribution >= 0.6 is 0 Å². The summed E-state index contributed by atoms with van der Waals surface area (Å²) in [4.78, 5) is 12.6. The largest absolute Gasteiger partial charge is 0.497 e. The Morgan fingerprint density at radius 1 is 0.759 bits per heavy atom. The predicted octanol–water partition coefficient (Wildman–Crippen LogP) is 5.45. The lowest BCUT2D eigenvalue weighted by Crippen LogP contribution is -2.51. The minimum absolute atomic E-state index is 0.543. The van der Waals surface area contributed by atoms with Crippen LogP contribution in [-0.4, -0.2) is 34.4 Å². The second-order valence-corrected chi connectivity index (χ2v) is 12.3. The average molecular weight is 415 g/mol. The minimum Gasteiger partial charge on any atom is -0.497 e. The van der Waals surface area contributed by atoms with E-state index in [0.717, 1.165) is 47.0 Å². The molecule has 0 atom stereocenters. The third-order valence-corrected chi connectivity index (χ3v) is 10.6. The lowest BCUT2D eigenvalue weighted by atomic mass is 9.89. The van der Waals surface area contributed by atoms with Crippen molar-refractivity contribution < 1.29 is 18.7 Å². The maximum Gasteiger partial charge on any atom is 0.193 e. The molecule has 0 aromatic heterocycles. The quantitative estimate of drug-likeness (QED) is 0.342. The van der Waals surface area contributed by atoms with Gasteiger partial charge in [-0.15, -0.1) is 0 Å². The highest BCUT2D eigenvalue weighted by Crippen LogP contribution is 2.32. The van der Waals surface area contributed by atoms with Crippen LogP contribution in [0.25, 0.3) is 0 Å². The maximum atomic E-state index is 12.6. The first-order valence-corrected chi connectivity index (χ1v) is 12.9. The molecule has 0 unspecified atom stereocenters. The summed E-state index contributed by atoms with van der Waals surface area (Å²) in [5, 5.41) is 0. The van der Waals surface area contributed by atoms with Gasteiger partial charge in [0.05, 0.1) is 14.2 Å². The molecule has 0 saturated carbocycles. The van der Waals surface area contributed by atoms with Crippen molar-refractivity contribution in [2.24, 2.45) is 0 Å². The number of hydrogen-bond acceptors (Lipinski definition) is 4. The van der Waals surface area contributed by atoms with Crippen molar-refractivity contribution in [3.63, 3.8) is 0 Å². The zero-order valence-corrected chi connectivity index (χ0v) is 19.4. The molecular weight excluding hydrogens is 380 g/mol. The molecule has 4 nitrogen and oxygen atoms in total. The number of aldehydes is 1. The maximum absolute atomic E-state index is 12.6. The van der Waals surface area contributed by atoms with Crippen LogP contribution in [0.1, 0.15) is 31.9 Å². The fourth-order valence-electron chi connectivity index (χ4n) is 3.82. The SMILES string of the molecule is CC[Si](CC)(CC)OC(C=O)(Cc1ccc(OC)cc1)Cc1ccc(OC)cc1. The Hall–Kier alpha value is -2.11. The number of benzene rings is 2. The fourth-order valence-corrected chi connectivity index (χ4v) is 6.81. The van der Waals surface area contributed by atoms with Gasteiger partial charge in [-0.2, -0.15) is 0 Å². The summed E-state index contributed by atoms with van der Waals surface area (Å²) in [6, 6.07) is 18.8. The van der Waals surface area contributed by atoms with Gasteiger partial charge in [-0.05, 0) is 53.5 Å². The molecule has 0 saturated heterocycles. The Morgan fingerprint density at radius 2 is 1.14 bits per heavy atom. The summed E-state index contributed by atoms with van der Waals surface area (Å²) in [6.45, 7) is 6.57. The number of carbonyl (C=O) groups is 1. The first-order valence-electron chi connectivity index (χ1n) is 10.4.